The third-order valence-corrected chi connectivity index (χ3v) is 5.29. The maximum absolute atomic E-state index is 12.3. The summed E-state index contributed by atoms with van der Waals surface area (Å²) in [6, 6.07) is 1.28. The van der Waals surface area contributed by atoms with Gasteiger partial charge < -0.3 is 5.73 Å². The van der Waals surface area contributed by atoms with Gasteiger partial charge >= 0.3 is 6.18 Å². The van der Waals surface area contributed by atoms with Crippen LogP contribution in [0.15, 0.2) is 16.3 Å². The normalized spacial score (nSPS) is 13.2. The van der Waals surface area contributed by atoms with Crippen LogP contribution in [0, 0.1) is 0 Å². The van der Waals surface area contributed by atoms with Crippen LogP contribution in [-0.4, -0.2) is 32.0 Å². The van der Waals surface area contributed by atoms with E-state index < -0.39 is 22.7 Å². The van der Waals surface area contributed by atoms with Gasteiger partial charge in [-0.2, -0.15) is 17.5 Å². The highest BCUT2D eigenvalue weighted by Crippen LogP contribution is 2.27. The average molecular weight is 302 g/mol. The lowest BCUT2D eigenvalue weighted by Crippen LogP contribution is -2.38. The second-order valence-corrected chi connectivity index (χ2v) is 6.37. The number of hydrogen-bond donors (Lipinski definition) is 1. The van der Waals surface area contributed by atoms with Gasteiger partial charge in [0.15, 0.2) is 0 Å². The molecule has 0 bridgehead atoms. The molecular weight excluding hydrogens is 289 g/mol. The van der Waals surface area contributed by atoms with Crippen molar-refractivity contribution in [3.8, 4) is 0 Å². The molecular formula is C9H13F3N2O2S2. The Hall–Kier alpha value is -0.640. The lowest BCUT2D eigenvalue weighted by atomic mass is 10.5. The van der Waals surface area contributed by atoms with E-state index in [0.29, 0.717) is 9.18 Å². The number of thiophene rings is 1. The number of hydrogen-bond acceptors (Lipinski definition) is 4. The number of sulfonamides is 1. The number of nitrogens with zero attached hydrogens (tertiary/aromatic N) is 1. The zero-order chi connectivity index (χ0) is 14.0. The fourth-order valence-corrected chi connectivity index (χ4v) is 4.15. The molecule has 1 rings (SSSR count). The molecule has 0 unspecified atom stereocenters. The van der Waals surface area contributed by atoms with Gasteiger partial charge in [-0.1, -0.05) is 6.92 Å². The van der Waals surface area contributed by atoms with Crippen LogP contribution in [0.25, 0.3) is 0 Å². The van der Waals surface area contributed by atoms with Gasteiger partial charge in [-0.3, -0.25) is 0 Å². The molecule has 1 aromatic rings. The maximum atomic E-state index is 12.3. The Kier molecular flexibility index (Phi) is 4.76. The van der Waals surface area contributed by atoms with E-state index in [2.05, 4.69) is 0 Å². The van der Waals surface area contributed by atoms with Crippen LogP contribution in [0.1, 0.15) is 11.8 Å². The van der Waals surface area contributed by atoms with Gasteiger partial charge in [0, 0.05) is 18.0 Å². The number of alkyl halides is 3. The van der Waals surface area contributed by atoms with Crippen molar-refractivity contribution >= 4 is 21.4 Å². The van der Waals surface area contributed by atoms with E-state index in [0.717, 1.165) is 11.3 Å². The van der Waals surface area contributed by atoms with Crippen LogP contribution < -0.4 is 5.73 Å². The molecule has 0 aliphatic carbocycles. The van der Waals surface area contributed by atoms with E-state index in [1.54, 1.807) is 0 Å². The van der Waals surface area contributed by atoms with Crippen molar-refractivity contribution in [2.24, 2.45) is 5.73 Å². The second kappa shape index (κ2) is 5.55. The van der Waals surface area contributed by atoms with E-state index >= 15 is 0 Å². The van der Waals surface area contributed by atoms with Crippen LogP contribution in [0.2, 0.25) is 0 Å². The topological polar surface area (TPSA) is 63.4 Å². The first-order valence-electron chi connectivity index (χ1n) is 5.05. The number of halogens is 3. The average Bonchev–Trinajstić information content (AvgIpc) is 2.72. The van der Waals surface area contributed by atoms with Gasteiger partial charge in [0.2, 0.25) is 10.0 Å². The fourth-order valence-electron chi connectivity index (χ4n) is 1.41. The van der Waals surface area contributed by atoms with E-state index in [1.165, 1.54) is 18.4 Å². The summed E-state index contributed by atoms with van der Waals surface area (Å²) in [6.45, 7) is -0.402. The molecule has 0 aliphatic heterocycles. The summed E-state index contributed by atoms with van der Waals surface area (Å²) in [4.78, 5) is 0.219. The molecule has 104 valence electrons. The highest BCUT2D eigenvalue weighted by molar-refractivity contribution is 7.89. The van der Waals surface area contributed by atoms with Crippen molar-refractivity contribution in [3.63, 3.8) is 0 Å². The lowest BCUT2D eigenvalue weighted by Gasteiger charge is -2.21. The van der Waals surface area contributed by atoms with Gasteiger partial charge in [0.25, 0.3) is 0 Å². The molecule has 0 saturated carbocycles. The molecule has 1 aromatic heterocycles. The van der Waals surface area contributed by atoms with Gasteiger partial charge in [-0.05, 0) is 11.4 Å². The first kappa shape index (κ1) is 15.4. The Morgan fingerprint density at radius 1 is 1.44 bits per heavy atom. The zero-order valence-corrected chi connectivity index (χ0v) is 11.2. The Balaban J connectivity index is 3.12. The second-order valence-electron chi connectivity index (χ2n) is 3.46. The van der Waals surface area contributed by atoms with E-state index in [-0.39, 0.29) is 18.0 Å². The monoisotopic (exact) mass is 302 g/mol. The smallest absolute Gasteiger partial charge is 0.326 e. The van der Waals surface area contributed by atoms with Crippen LogP contribution >= 0.6 is 11.3 Å². The molecule has 0 amide bonds. The third kappa shape index (κ3) is 3.44. The van der Waals surface area contributed by atoms with Crippen molar-refractivity contribution in [2.75, 3.05) is 13.1 Å². The first-order valence-corrected chi connectivity index (χ1v) is 7.37. The quantitative estimate of drug-likeness (QED) is 0.902. The molecule has 0 fully saturated rings. The first-order chi connectivity index (χ1) is 8.22. The maximum Gasteiger partial charge on any atom is 0.402 e. The van der Waals surface area contributed by atoms with Crippen molar-refractivity contribution in [1.82, 2.24) is 4.31 Å². The van der Waals surface area contributed by atoms with Crippen molar-refractivity contribution in [3.05, 3.63) is 16.3 Å². The molecule has 1 heterocycles. The van der Waals surface area contributed by atoms with E-state index in [4.69, 9.17) is 5.73 Å². The summed E-state index contributed by atoms with van der Waals surface area (Å²) in [6.07, 6.45) is -4.57. The predicted molar refractivity (Wildman–Crippen MR) is 62.7 cm³/mol. The number of nitrogens with two attached hydrogens (primary N) is 1. The van der Waals surface area contributed by atoms with Crippen LogP contribution in [0.4, 0.5) is 13.2 Å². The largest absolute Gasteiger partial charge is 0.402 e. The summed E-state index contributed by atoms with van der Waals surface area (Å²) < 4.78 is 61.5. The van der Waals surface area contributed by atoms with Crippen molar-refractivity contribution < 1.29 is 21.6 Å². The summed E-state index contributed by atoms with van der Waals surface area (Å²) in [5, 5.41) is 1.50. The lowest BCUT2D eigenvalue weighted by molar-refractivity contribution is -0.135. The Morgan fingerprint density at radius 3 is 2.50 bits per heavy atom. The van der Waals surface area contributed by atoms with Gasteiger partial charge in [0.05, 0.1) is 4.90 Å². The van der Waals surface area contributed by atoms with E-state index in [1.807, 2.05) is 0 Å². The minimum atomic E-state index is -4.57. The van der Waals surface area contributed by atoms with Crippen molar-refractivity contribution in [2.45, 2.75) is 24.5 Å². The summed E-state index contributed by atoms with van der Waals surface area (Å²) in [7, 11) is -4.14. The molecule has 0 radical (unpaired) electrons. The third-order valence-electron chi connectivity index (χ3n) is 2.22. The van der Waals surface area contributed by atoms with Gasteiger partial charge in [0.1, 0.15) is 6.54 Å². The molecule has 0 spiro atoms. The van der Waals surface area contributed by atoms with Gasteiger partial charge in [-0.15, -0.1) is 11.3 Å². The zero-order valence-electron chi connectivity index (χ0n) is 9.57. The molecule has 0 saturated heterocycles. The standard InChI is InChI=1S/C9H13F3N2O2S2/c1-2-14(6-9(10,11)12)18(15,16)8-3-4-17-7(8)5-13/h3-4H,2,5-6,13H2,1H3. The Labute approximate surface area is 107 Å². The predicted octanol–water partition coefficient (Wildman–Crippen LogP) is 1.78. The fraction of sp³-hybridized carbons (Fsp3) is 0.556. The molecule has 9 heteroatoms. The summed E-state index contributed by atoms with van der Waals surface area (Å²) in [5.74, 6) is 0. The SMILES string of the molecule is CCN(CC(F)(F)F)S(=O)(=O)c1ccsc1CN. The number of rotatable bonds is 5. The molecule has 18 heavy (non-hydrogen) atoms. The molecule has 0 atom stereocenters. The van der Waals surface area contributed by atoms with Crippen LogP contribution in [0.5, 0.6) is 0 Å². The van der Waals surface area contributed by atoms with Crippen molar-refractivity contribution in [1.29, 1.82) is 0 Å². The van der Waals surface area contributed by atoms with Gasteiger partial charge in [-0.25, -0.2) is 8.42 Å². The highest BCUT2D eigenvalue weighted by Gasteiger charge is 2.37. The summed E-state index contributed by atoms with van der Waals surface area (Å²) >= 11 is 1.11. The highest BCUT2D eigenvalue weighted by atomic mass is 32.2. The Morgan fingerprint density at radius 2 is 2.06 bits per heavy atom. The minimum Gasteiger partial charge on any atom is -0.326 e. The molecule has 2 N–H and O–H groups in total. The minimum absolute atomic E-state index is 0.0181. The molecule has 0 aromatic carbocycles. The molecule has 4 nitrogen and oxygen atoms in total. The Bertz CT molecular complexity index is 496. The molecule has 0 aliphatic rings. The van der Waals surface area contributed by atoms with Crippen LogP contribution in [0.3, 0.4) is 0 Å². The van der Waals surface area contributed by atoms with E-state index in [9.17, 15) is 21.6 Å². The summed E-state index contributed by atoms with van der Waals surface area (Å²) in [5.41, 5.74) is 5.37. The van der Waals surface area contributed by atoms with Crippen LogP contribution in [-0.2, 0) is 16.6 Å².